The van der Waals surface area contributed by atoms with Crippen LogP contribution >= 0.6 is 0 Å². The number of hydrogen-bond donors (Lipinski definition) is 1. The molecule has 1 heterocycles. The second-order valence-electron chi connectivity index (χ2n) is 2.67. The SMILES string of the molecule is C=c1oc(C)c/c1=C/C(N)=C\C. The molecular weight excluding hydrogens is 150 g/mol. The Morgan fingerprint density at radius 2 is 2.33 bits per heavy atom. The lowest BCUT2D eigenvalue weighted by atomic mass is 10.3. The van der Waals surface area contributed by atoms with Gasteiger partial charge in [-0.25, -0.2) is 0 Å². The first kappa shape index (κ1) is 8.65. The van der Waals surface area contributed by atoms with Crippen LogP contribution in [-0.4, -0.2) is 0 Å². The molecule has 2 nitrogen and oxygen atoms in total. The van der Waals surface area contributed by atoms with E-state index in [1.54, 1.807) is 0 Å². The van der Waals surface area contributed by atoms with Gasteiger partial charge in [0.25, 0.3) is 0 Å². The fourth-order valence-corrected chi connectivity index (χ4v) is 0.967. The number of furan rings is 1. The molecule has 0 spiro atoms. The number of aryl methyl sites for hydroxylation is 1. The first-order chi connectivity index (χ1) is 5.63. The van der Waals surface area contributed by atoms with Gasteiger partial charge in [0.05, 0.1) is 0 Å². The first-order valence-electron chi connectivity index (χ1n) is 3.82. The molecule has 1 rings (SSSR count). The Labute approximate surface area is 71.7 Å². The number of allylic oxidation sites excluding steroid dienone is 2. The van der Waals surface area contributed by atoms with Gasteiger partial charge in [-0.1, -0.05) is 12.7 Å². The van der Waals surface area contributed by atoms with E-state index in [1.165, 1.54) is 0 Å². The van der Waals surface area contributed by atoms with Gasteiger partial charge in [0.1, 0.15) is 11.2 Å². The van der Waals surface area contributed by atoms with Crippen LogP contribution < -0.4 is 16.4 Å². The van der Waals surface area contributed by atoms with Crippen LogP contribution in [0, 0.1) is 6.92 Å². The van der Waals surface area contributed by atoms with Crippen LogP contribution in [0.5, 0.6) is 0 Å². The summed E-state index contributed by atoms with van der Waals surface area (Å²) >= 11 is 0. The van der Waals surface area contributed by atoms with Crippen molar-refractivity contribution in [3.63, 3.8) is 0 Å². The van der Waals surface area contributed by atoms with Crippen molar-refractivity contribution in [3.8, 4) is 0 Å². The lowest BCUT2D eigenvalue weighted by Gasteiger charge is -1.84. The van der Waals surface area contributed by atoms with Crippen LogP contribution in [0.3, 0.4) is 0 Å². The monoisotopic (exact) mass is 163 g/mol. The lowest BCUT2D eigenvalue weighted by Crippen LogP contribution is -2.18. The number of rotatable bonds is 1. The third-order valence-electron chi connectivity index (χ3n) is 1.62. The van der Waals surface area contributed by atoms with E-state index < -0.39 is 0 Å². The molecule has 0 atom stereocenters. The van der Waals surface area contributed by atoms with Gasteiger partial charge in [-0.2, -0.15) is 0 Å². The maximum atomic E-state index is 5.62. The molecule has 0 bridgehead atoms. The largest absolute Gasteiger partial charge is 0.462 e. The topological polar surface area (TPSA) is 39.2 Å². The molecule has 1 aromatic heterocycles. The molecule has 0 aliphatic carbocycles. The van der Waals surface area contributed by atoms with Crippen molar-refractivity contribution in [2.75, 3.05) is 0 Å². The fourth-order valence-electron chi connectivity index (χ4n) is 0.967. The first-order valence-corrected chi connectivity index (χ1v) is 3.82. The van der Waals surface area contributed by atoms with Crippen molar-refractivity contribution in [2.45, 2.75) is 13.8 Å². The summed E-state index contributed by atoms with van der Waals surface area (Å²) in [6, 6.07) is 1.92. The molecule has 0 unspecified atom stereocenters. The zero-order chi connectivity index (χ0) is 9.14. The van der Waals surface area contributed by atoms with E-state index >= 15 is 0 Å². The van der Waals surface area contributed by atoms with Gasteiger partial charge in [0.2, 0.25) is 0 Å². The van der Waals surface area contributed by atoms with Crippen LogP contribution in [0.4, 0.5) is 0 Å². The minimum Gasteiger partial charge on any atom is -0.462 e. The molecule has 0 amide bonds. The van der Waals surface area contributed by atoms with Gasteiger partial charge < -0.3 is 10.2 Å². The zero-order valence-corrected chi connectivity index (χ0v) is 7.42. The molecule has 0 aliphatic heterocycles. The Kier molecular flexibility index (Phi) is 2.38. The van der Waals surface area contributed by atoms with Crippen molar-refractivity contribution >= 4 is 12.7 Å². The second-order valence-corrected chi connectivity index (χ2v) is 2.67. The van der Waals surface area contributed by atoms with E-state index in [2.05, 4.69) is 6.58 Å². The molecule has 64 valence electrons. The summed E-state index contributed by atoms with van der Waals surface area (Å²) in [5, 5.41) is 0.947. The molecule has 0 aliphatic rings. The summed E-state index contributed by atoms with van der Waals surface area (Å²) in [5.74, 6) is 0.857. The molecule has 2 N–H and O–H groups in total. The third-order valence-corrected chi connectivity index (χ3v) is 1.62. The Bertz CT molecular complexity index is 398. The summed E-state index contributed by atoms with van der Waals surface area (Å²) in [6.07, 6.45) is 3.68. The van der Waals surface area contributed by atoms with Crippen molar-refractivity contribution in [3.05, 3.63) is 34.2 Å². The van der Waals surface area contributed by atoms with E-state index in [4.69, 9.17) is 10.2 Å². The van der Waals surface area contributed by atoms with Crippen molar-refractivity contribution < 1.29 is 4.42 Å². The van der Waals surface area contributed by atoms with Gasteiger partial charge in [0.15, 0.2) is 0 Å². The van der Waals surface area contributed by atoms with Gasteiger partial charge in [-0.05, 0) is 26.0 Å². The van der Waals surface area contributed by atoms with Crippen molar-refractivity contribution in [1.82, 2.24) is 0 Å². The van der Waals surface area contributed by atoms with Gasteiger partial charge in [-0.15, -0.1) is 0 Å². The summed E-state index contributed by atoms with van der Waals surface area (Å²) in [7, 11) is 0. The van der Waals surface area contributed by atoms with E-state index in [0.29, 0.717) is 5.42 Å². The molecule has 0 radical (unpaired) electrons. The maximum absolute atomic E-state index is 5.62. The quantitative estimate of drug-likeness (QED) is 0.660. The van der Waals surface area contributed by atoms with E-state index in [1.807, 2.05) is 32.1 Å². The average molecular weight is 163 g/mol. The second kappa shape index (κ2) is 3.30. The Hall–Kier alpha value is -1.44. The van der Waals surface area contributed by atoms with Crippen LogP contribution in [0.15, 0.2) is 22.3 Å². The van der Waals surface area contributed by atoms with Crippen LogP contribution in [-0.2, 0) is 0 Å². The van der Waals surface area contributed by atoms with E-state index in [9.17, 15) is 0 Å². The fraction of sp³-hybridized carbons (Fsp3) is 0.200. The molecule has 2 heteroatoms. The lowest BCUT2D eigenvalue weighted by molar-refractivity contribution is 0.503. The highest BCUT2D eigenvalue weighted by Gasteiger charge is 1.91. The van der Waals surface area contributed by atoms with Crippen LogP contribution in [0.2, 0.25) is 0 Å². The van der Waals surface area contributed by atoms with Crippen molar-refractivity contribution in [1.29, 1.82) is 0 Å². The normalized spacial score (nSPS) is 13.8. The summed E-state index contributed by atoms with van der Waals surface area (Å²) in [6.45, 7) is 7.53. The minimum absolute atomic E-state index is 0.664. The maximum Gasteiger partial charge on any atom is 0.127 e. The summed E-state index contributed by atoms with van der Waals surface area (Å²) < 4.78 is 5.23. The predicted molar refractivity (Wildman–Crippen MR) is 50.6 cm³/mol. The highest BCUT2D eigenvalue weighted by Crippen LogP contribution is 1.87. The highest BCUT2D eigenvalue weighted by molar-refractivity contribution is 5.43. The molecular formula is C10H13NO. The summed E-state index contributed by atoms with van der Waals surface area (Å²) in [4.78, 5) is 0. The third kappa shape index (κ3) is 1.78. The summed E-state index contributed by atoms with van der Waals surface area (Å²) in [5.41, 5.74) is 7.01. The Morgan fingerprint density at radius 1 is 1.67 bits per heavy atom. The molecule has 0 aromatic carbocycles. The van der Waals surface area contributed by atoms with E-state index in [-0.39, 0.29) is 0 Å². The highest BCUT2D eigenvalue weighted by atomic mass is 16.3. The average Bonchev–Trinajstić information content (AvgIpc) is 2.30. The molecule has 0 saturated heterocycles. The molecule has 0 fully saturated rings. The van der Waals surface area contributed by atoms with Gasteiger partial charge in [0, 0.05) is 10.9 Å². The zero-order valence-electron chi connectivity index (χ0n) is 7.42. The van der Waals surface area contributed by atoms with E-state index in [0.717, 1.165) is 16.7 Å². The predicted octanol–water partition coefficient (Wildman–Crippen LogP) is 0.641. The Morgan fingerprint density at radius 3 is 2.75 bits per heavy atom. The van der Waals surface area contributed by atoms with Crippen LogP contribution in [0.25, 0.3) is 12.7 Å². The molecule has 12 heavy (non-hydrogen) atoms. The number of hydrogen-bond acceptors (Lipinski definition) is 2. The molecule has 0 saturated carbocycles. The smallest absolute Gasteiger partial charge is 0.127 e. The molecule has 1 aromatic rings. The minimum atomic E-state index is 0.664. The van der Waals surface area contributed by atoms with Crippen LogP contribution in [0.1, 0.15) is 12.7 Å². The standard InChI is InChI=1S/C10H13NO/c1-4-10(11)6-9-5-7(2)12-8(9)3/h4-6H,3,11H2,1-2H3/b9-6-,10-4+. The van der Waals surface area contributed by atoms with Crippen molar-refractivity contribution in [2.24, 2.45) is 5.73 Å². The van der Waals surface area contributed by atoms with Gasteiger partial charge in [-0.3, -0.25) is 0 Å². The van der Waals surface area contributed by atoms with Gasteiger partial charge >= 0.3 is 0 Å². The number of nitrogens with two attached hydrogens (primary N) is 1. The Balaban J connectivity index is 3.28.